The van der Waals surface area contributed by atoms with Gasteiger partial charge in [0, 0.05) is 38.4 Å². The van der Waals surface area contributed by atoms with Crippen LogP contribution in [0.3, 0.4) is 0 Å². The van der Waals surface area contributed by atoms with Crippen LogP contribution in [-0.4, -0.2) is 42.9 Å². The van der Waals surface area contributed by atoms with Crippen LogP contribution >= 0.6 is 0 Å². The van der Waals surface area contributed by atoms with Crippen molar-refractivity contribution in [2.24, 2.45) is 0 Å². The Morgan fingerprint density at radius 1 is 1.13 bits per heavy atom. The van der Waals surface area contributed by atoms with Crippen LogP contribution in [0.1, 0.15) is 38.7 Å². The third kappa shape index (κ3) is 4.24. The highest BCUT2D eigenvalue weighted by atomic mass is 16.2. The predicted molar refractivity (Wildman–Crippen MR) is 92.2 cm³/mol. The molecule has 1 saturated heterocycles. The van der Waals surface area contributed by atoms with Crippen LogP contribution in [0.25, 0.3) is 0 Å². The third-order valence-electron chi connectivity index (χ3n) is 4.53. The fourth-order valence-corrected chi connectivity index (χ4v) is 3.11. The number of rotatable bonds is 3. The molecule has 1 heterocycles. The zero-order valence-electron chi connectivity index (χ0n) is 14.5. The molecule has 2 rings (SSSR count). The topological polar surface area (TPSA) is 52.7 Å². The number of likely N-dealkylation sites (tertiary alicyclic amines) is 1. The smallest absolute Gasteiger partial charge is 0.312 e. The molecule has 0 spiro atoms. The van der Waals surface area contributed by atoms with E-state index in [1.807, 2.05) is 57.1 Å². The molecule has 1 aliphatic rings. The second-order valence-electron chi connectivity index (χ2n) is 6.58. The van der Waals surface area contributed by atoms with E-state index in [4.69, 9.17) is 0 Å². The highest BCUT2D eigenvalue weighted by molar-refractivity contribution is 6.35. The van der Waals surface area contributed by atoms with Gasteiger partial charge in [-0.3, -0.25) is 9.59 Å². The second-order valence-corrected chi connectivity index (χ2v) is 6.58. The van der Waals surface area contributed by atoms with Gasteiger partial charge in [0.1, 0.15) is 0 Å². The molecule has 1 fully saturated rings. The van der Waals surface area contributed by atoms with Crippen LogP contribution in [0.4, 0.5) is 5.69 Å². The number of nitrogens with zero attached hydrogens (tertiary/aromatic N) is 2. The predicted octanol–water partition coefficient (Wildman–Crippen LogP) is 2.16. The summed E-state index contributed by atoms with van der Waals surface area (Å²) < 4.78 is 0. The second kappa shape index (κ2) is 7.49. The number of amides is 2. The first kappa shape index (κ1) is 17.3. The fourth-order valence-electron chi connectivity index (χ4n) is 3.11. The Balaban J connectivity index is 1.92. The average Bonchev–Trinajstić information content (AvgIpc) is 2.52. The van der Waals surface area contributed by atoms with Crippen LogP contribution in [0.2, 0.25) is 0 Å². The molecular weight excluding hydrogens is 290 g/mol. The highest BCUT2D eigenvalue weighted by Crippen LogP contribution is 2.22. The largest absolute Gasteiger partial charge is 0.378 e. The lowest BCUT2D eigenvalue weighted by Crippen LogP contribution is -2.52. The lowest BCUT2D eigenvalue weighted by atomic mass is 9.97. The zero-order chi connectivity index (χ0) is 17.0. The highest BCUT2D eigenvalue weighted by Gasteiger charge is 2.32. The molecule has 1 aliphatic heterocycles. The molecule has 23 heavy (non-hydrogen) atoms. The number of hydrogen-bond acceptors (Lipinski definition) is 3. The maximum Gasteiger partial charge on any atom is 0.312 e. The van der Waals surface area contributed by atoms with Crippen LogP contribution < -0.4 is 10.2 Å². The maximum atomic E-state index is 12.4. The third-order valence-corrected chi connectivity index (χ3v) is 4.53. The quantitative estimate of drug-likeness (QED) is 0.869. The fraction of sp³-hybridized carbons (Fsp3) is 0.556. The van der Waals surface area contributed by atoms with Gasteiger partial charge in [-0.05, 0) is 50.8 Å². The first-order chi connectivity index (χ1) is 10.9. The first-order valence-electron chi connectivity index (χ1n) is 8.27. The molecule has 1 aromatic carbocycles. The minimum absolute atomic E-state index is 0.136. The van der Waals surface area contributed by atoms with Crippen molar-refractivity contribution in [1.82, 2.24) is 10.2 Å². The Morgan fingerprint density at radius 2 is 1.70 bits per heavy atom. The average molecular weight is 317 g/mol. The lowest BCUT2D eigenvalue weighted by molar-refractivity contribution is -0.150. The molecule has 0 aromatic heterocycles. The Hall–Kier alpha value is -2.04. The van der Waals surface area contributed by atoms with E-state index in [9.17, 15) is 9.59 Å². The normalized spacial score (nSPS) is 21.0. The zero-order valence-corrected chi connectivity index (χ0v) is 14.5. The van der Waals surface area contributed by atoms with Gasteiger partial charge in [-0.2, -0.15) is 0 Å². The molecule has 0 unspecified atom stereocenters. The molecule has 2 atom stereocenters. The summed E-state index contributed by atoms with van der Waals surface area (Å²) in [6.45, 7) is 4.40. The summed E-state index contributed by atoms with van der Waals surface area (Å²) in [5.74, 6) is -0.920. The van der Waals surface area contributed by atoms with E-state index < -0.39 is 11.8 Å². The number of carbonyl (C=O) groups excluding carboxylic acids is 2. The number of benzene rings is 1. The van der Waals surface area contributed by atoms with Crippen molar-refractivity contribution in [2.45, 2.75) is 51.7 Å². The molecule has 5 heteroatoms. The Morgan fingerprint density at radius 3 is 2.22 bits per heavy atom. The van der Waals surface area contributed by atoms with Crippen molar-refractivity contribution < 1.29 is 9.59 Å². The molecular formula is C18H27N3O2. The van der Waals surface area contributed by atoms with Gasteiger partial charge in [0.15, 0.2) is 0 Å². The number of nitrogens with one attached hydrogen (secondary N) is 1. The number of hydrogen-bond donors (Lipinski definition) is 1. The molecule has 1 aromatic rings. The minimum atomic E-state index is -0.512. The number of anilines is 1. The van der Waals surface area contributed by atoms with Crippen LogP contribution in [0.5, 0.6) is 0 Å². The van der Waals surface area contributed by atoms with Gasteiger partial charge in [0.05, 0.1) is 0 Å². The molecule has 0 aliphatic carbocycles. The summed E-state index contributed by atoms with van der Waals surface area (Å²) in [5.41, 5.74) is 2.09. The van der Waals surface area contributed by atoms with Gasteiger partial charge in [0.25, 0.3) is 0 Å². The number of piperidine rings is 1. The van der Waals surface area contributed by atoms with Crippen molar-refractivity contribution in [3.8, 4) is 0 Å². The maximum absolute atomic E-state index is 12.4. The summed E-state index contributed by atoms with van der Waals surface area (Å²) in [6, 6.07) is 8.20. The van der Waals surface area contributed by atoms with Crippen LogP contribution in [0.15, 0.2) is 24.3 Å². The van der Waals surface area contributed by atoms with Crippen molar-refractivity contribution in [1.29, 1.82) is 0 Å². The Bertz CT molecular complexity index is 544. The van der Waals surface area contributed by atoms with E-state index in [0.29, 0.717) is 6.54 Å². The minimum Gasteiger partial charge on any atom is -0.378 e. The van der Waals surface area contributed by atoms with Gasteiger partial charge >= 0.3 is 11.8 Å². The van der Waals surface area contributed by atoms with Gasteiger partial charge < -0.3 is 15.1 Å². The first-order valence-corrected chi connectivity index (χ1v) is 8.27. The van der Waals surface area contributed by atoms with E-state index >= 15 is 0 Å². The summed E-state index contributed by atoms with van der Waals surface area (Å²) in [6.07, 6.45) is 3.05. The van der Waals surface area contributed by atoms with Gasteiger partial charge in [-0.1, -0.05) is 12.1 Å². The van der Waals surface area contributed by atoms with Crippen LogP contribution in [-0.2, 0) is 16.1 Å². The molecule has 1 N–H and O–H groups in total. The Kier molecular flexibility index (Phi) is 5.64. The molecule has 0 saturated carbocycles. The summed E-state index contributed by atoms with van der Waals surface area (Å²) in [7, 11) is 3.97. The van der Waals surface area contributed by atoms with E-state index in [1.165, 1.54) is 0 Å². The van der Waals surface area contributed by atoms with E-state index in [2.05, 4.69) is 5.32 Å². The van der Waals surface area contributed by atoms with Gasteiger partial charge in [0.2, 0.25) is 0 Å². The summed E-state index contributed by atoms with van der Waals surface area (Å²) in [5, 5.41) is 2.74. The molecule has 0 radical (unpaired) electrons. The number of carbonyl (C=O) groups is 2. The van der Waals surface area contributed by atoms with Crippen LogP contribution in [0, 0.1) is 0 Å². The van der Waals surface area contributed by atoms with E-state index in [0.717, 1.165) is 30.5 Å². The van der Waals surface area contributed by atoms with Crippen molar-refractivity contribution in [2.75, 3.05) is 19.0 Å². The summed E-state index contributed by atoms with van der Waals surface area (Å²) >= 11 is 0. The van der Waals surface area contributed by atoms with Crippen molar-refractivity contribution in [3.63, 3.8) is 0 Å². The van der Waals surface area contributed by atoms with Crippen molar-refractivity contribution >= 4 is 17.5 Å². The molecule has 0 bridgehead atoms. The lowest BCUT2D eigenvalue weighted by Gasteiger charge is -2.38. The SMILES string of the molecule is C[C@H]1CCC[C@H](C)N1C(=O)C(=O)NCc1ccc(N(C)C)cc1. The van der Waals surface area contributed by atoms with E-state index in [1.54, 1.807) is 4.90 Å². The summed E-state index contributed by atoms with van der Waals surface area (Å²) in [4.78, 5) is 28.3. The molecule has 126 valence electrons. The standard InChI is InChI=1S/C18H27N3O2/c1-13-6-5-7-14(2)21(13)18(23)17(22)19-12-15-8-10-16(11-9-15)20(3)4/h8-11,13-14H,5-7,12H2,1-4H3,(H,19,22)/t13-,14-/m0/s1. The van der Waals surface area contributed by atoms with E-state index in [-0.39, 0.29) is 12.1 Å². The van der Waals surface area contributed by atoms with Gasteiger partial charge in [-0.15, -0.1) is 0 Å². The monoisotopic (exact) mass is 317 g/mol. The van der Waals surface area contributed by atoms with Gasteiger partial charge in [-0.25, -0.2) is 0 Å². The Labute approximate surface area is 138 Å². The molecule has 2 amide bonds. The van der Waals surface area contributed by atoms with Crippen molar-refractivity contribution in [3.05, 3.63) is 29.8 Å². The molecule has 5 nitrogen and oxygen atoms in total.